The summed E-state index contributed by atoms with van der Waals surface area (Å²) in [6, 6.07) is 2.07. The highest BCUT2D eigenvalue weighted by molar-refractivity contribution is 5.96. The first-order chi connectivity index (χ1) is 10.5. The van der Waals surface area contributed by atoms with Gasteiger partial charge in [0.2, 0.25) is 5.88 Å². The molecule has 1 heterocycles. The van der Waals surface area contributed by atoms with Crippen LogP contribution in [0.1, 0.15) is 44.0 Å². The van der Waals surface area contributed by atoms with E-state index in [1.165, 1.54) is 18.3 Å². The van der Waals surface area contributed by atoms with Crippen molar-refractivity contribution in [3.8, 4) is 5.88 Å². The number of aromatic nitrogens is 1. The van der Waals surface area contributed by atoms with Crippen LogP contribution < -0.4 is 10.1 Å². The first-order valence-electron chi connectivity index (χ1n) is 7.25. The molecule has 0 fully saturated rings. The normalized spacial score (nSPS) is 13.6. The van der Waals surface area contributed by atoms with Crippen LogP contribution in [0, 0.1) is 0 Å². The number of rotatable bonds is 8. The lowest BCUT2D eigenvalue weighted by Crippen LogP contribution is -2.40. The van der Waals surface area contributed by atoms with Crippen LogP contribution in [0.3, 0.4) is 0 Å². The lowest BCUT2D eigenvalue weighted by Gasteiger charge is -2.14. The summed E-state index contributed by atoms with van der Waals surface area (Å²) in [7, 11) is 0. The van der Waals surface area contributed by atoms with Crippen LogP contribution >= 0.6 is 0 Å². The van der Waals surface area contributed by atoms with Gasteiger partial charge in [0.05, 0.1) is 6.10 Å². The number of carbonyl (C=O) groups is 2. The van der Waals surface area contributed by atoms with Crippen LogP contribution in [0.15, 0.2) is 30.5 Å². The van der Waals surface area contributed by atoms with Crippen molar-refractivity contribution in [3.05, 3.63) is 36.0 Å². The van der Waals surface area contributed by atoms with E-state index in [4.69, 9.17) is 9.84 Å². The summed E-state index contributed by atoms with van der Waals surface area (Å²) in [5.74, 6) is -1.19. The zero-order valence-corrected chi connectivity index (χ0v) is 13.1. The Bertz CT molecular complexity index is 543. The van der Waals surface area contributed by atoms with E-state index in [1.54, 1.807) is 19.1 Å². The Hall–Kier alpha value is -2.37. The Morgan fingerprint density at radius 1 is 1.50 bits per heavy atom. The van der Waals surface area contributed by atoms with Gasteiger partial charge >= 0.3 is 5.97 Å². The predicted octanol–water partition coefficient (Wildman–Crippen LogP) is 2.41. The molecular weight excluding hydrogens is 284 g/mol. The average Bonchev–Trinajstić information content (AvgIpc) is 2.51. The highest BCUT2D eigenvalue weighted by Gasteiger charge is 2.19. The highest BCUT2D eigenvalue weighted by atomic mass is 16.5. The summed E-state index contributed by atoms with van der Waals surface area (Å²) in [4.78, 5) is 27.3. The molecule has 1 amide bonds. The highest BCUT2D eigenvalue weighted by Crippen LogP contribution is 2.12. The summed E-state index contributed by atoms with van der Waals surface area (Å²) in [6.45, 7) is 5.69. The van der Waals surface area contributed by atoms with Crippen LogP contribution in [0.4, 0.5) is 0 Å². The smallest absolute Gasteiger partial charge is 0.326 e. The van der Waals surface area contributed by atoms with E-state index in [-0.39, 0.29) is 12.5 Å². The van der Waals surface area contributed by atoms with Gasteiger partial charge in [0.1, 0.15) is 6.04 Å². The number of amides is 1. The second-order valence-electron chi connectivity index (χ2n) is 4.89. The Balaban J connectivity index is 2.79. The summed E-state index contributed by atoms with van der Waals surface area (Å²) in [5.41, 5.74) is 0.319. The molecule has 0 radical (unpaired) electrons. The maximum absolute atomic E-state index is 12.1. The minimum atomic E-state index is -1.07. The standard InChI is InChI=1S/C16H22N2O4/c1-4-6-7-13(16(20)21)18-15(19)12-8-9-17-14(10-12)22-11(3)5-2/h4,6,8-11,13H,5,7H2,1-3H3,(H,18,19)(H,20,21)/b6-4+. The third-order valence-corrected chi connectivity index (χ3v) is 3.10. The molecule has 0 aliphatic carbocycles. The molecule has 0 spiro atoms. The number of ether oxygens (including phenoxy) is 1. The molecule has 0 saturated carbocycles. The number of nitrogens with zero attached hydrogens (tertiary/aromatic N) is 1. The molecule has 0 saturated heterocycles. The molecule has 2 atom stereocenters. The van der Waals surface area contributed by atoms with Gasteiger partial charge in [0.15, 0.2) is 0 Å². The minimum Gasteiger partial charge on any atom is -0.480 e. The van der Waals surface area contributed by atoms with Gasteiger partial charge in [0.25, 0.3) is 5.91 Å². The maximum Gasteiger partial charge on any atom is 0.326 e. The number of aliphatic carboxylic acids is 1. The van der Waals surface area contributed by atoms with Crippen molar-refractivity contribution in [2.75, 3.05) is 0 Å². The zero-order valence-electron chi connectivity index (χ0n) is 13.1. The SMILES string of the molecule is C/C=C/CC(NC(=O)c1ccnc(OC(C)CC)c1)C(=O)O. The van der Waals surface area contributed by atoms with Crippen molar-refractivity contribution in [3.63, 3.8) is 0 Å². The molecule has 0 bridgehead atoms. The quantitative estimate of drug-likeness (QED) is 0.720. The Morgan fingerprint density at radius 2 is 2.23 bits per heavy atom. The fourth-order valence-electron chi connectivity index (χ4n) is 1.64. The third-order valence-electron chi connectivity index (χ3n) is 3.10. The van der Waals surface area contributed by atoms with Crippen LogP contribution in [-0.4, -0.2) is 34.1 Å². The predicted molar refractivity (Wildman–Crippen MR) is 82.9 cm³/mol. The number of hydrogen-bond donors (Lipinski definition) is 2. The first-order valence-corrected chi connectivity index (χ1v) is 7.25. The topological polar surface area (TPSA) is 88.5 Å². The molecule has 0 aliphatic rings. The molecule has 6 nitrogen and oxygen atoms in total. The van der Waals surface area contributed by atoms with E-state index >= 15 is 0 Å². The van der Waals surface area contributed by atoms with Gasteiger partial charge in [-0.1, -0.05) is 19.1 Å². The van der Waals surface area contributed by atoms with Gasteiger partial charge in [-0.2, -0.15) is 0 Å². The van der Waals surface area contributed by atoms with Crippen LogP contribution in [0.25, 0.3) is 0 Å². The van der Waals surface area contributed by atoms with E-state index in [1.807, 2.05) is 13.8 Å². The largest absolute Gasteiger partial charge is 0.480 e. The van der Waals surface area contributed by atoms with Crippen LogP contribution in [0.2, 0.25) is 0 Å². The number of carboxylic acid groups (broad SMARTS) is 1. The molecule has 2 N–H and O–H groups in total. The first kappa shape index (κ1) is 17.7. The van der Waals surface area contributed by atoms with E-state index < -0.39 is 17.9 Å². The second kappa shape index (κ2) is 8.81. The third kappa shape index (κ3) is 5.55. The van der Waals surface area contributed by atoms with Crippen molar-refractivity contribution < 1.29 is 19.4 Å². The number of nitrogens with one attached hydrogen (secondary N) is 1. The number of pyridine rings is 1. The number of carboxylic acids is 1. The number of carbonyl (C=O) groups excluding carboxylic acids is 1. The lowest BCUT2D eigenvalue weighted by atomic mass is 10.1. The number of hydrogen-bond acceptors (Lipinski definition) is 4. The Labute approximate surface area is 130 Å². The van der Waals surface area contributed by atoms with Crippen molar-refractivity contribution in [2.45, 2.75) is 45.8 Å². The van der Waals surface area contributed by atoms with E-state index in [0.29, 0.717) is 11.4 Å². The Kier molecular flexibility index (Phi) is 7.08. The molecule has 22 heavy (non-hydrogen) atoms. The van der Waals surface area contributed by atoms with E-state index in [9.17, 15) is 9.59 Å². The van der Waals surface area contributed by atoms with Gasteiger partial charge in [0, 0.05) is 17.8 Å². The monoisotopic (exact) mass is 306 g/mol. The summed E-state index contributed by atoms with van der Waals surface area (Å²) >= 11 is 0. The second-order valence-corrected chi connectivity index (χ2v) is 4.89. The maximum atomic E-state index is 12.1. The van der Waals surface area contributed by atoms with Crippen molar-refractivity contribution in [1.29, 1.82) is 0 Å². The molecule has 1 rings (SSSR count). The number of allylic oxidation sites excluding steroid dienone is 1. The zero-order chi connectivity index (χ0) is 16.5. The van der Waals surface area contributed by atoms with E-state index in [0.717, 1.165) is 6.42 Å². The van der Waals surface area contributed by atoms with Gasteiger partial charge in [-0.3, -0.25) is 4.79 Å². The van der Waals surface area contributed by atoms with Crippen molar-refractivity contribution in [2.24, 2.45) is 0 Å². The molecule has 0 aromatic carbocycles. The molecule has 120 valence electrons. The minimum absolute atomic E-state index is 0.00716. The summed E-state index contributed by atoms with van der Waals surface area (Å²) in [5, 5.41) is 11.6. The van der Waals surface area contributed by atoms with Gasteiger partial charge < -0.3 is 15.2 Å². The molecular formula is C16H22N2O4. The summed E-state index contributed by atoms with van der Waals surface area (Å²) in [6.07, 6.45) is 5.96. The lowest BCUT2D eigenvalue weighted by molar-refractivity contribution is -0.139. The van der Waals surface area contributed by atoms with Crippen molar-refractivity contribution in [1.82, 2.24) is 10.3 Å². The fraction of sp³-hybridized carbons (Fsp3) is 0.438. The van der Waals surface area contributed by atoms with Gasteiger partial charge in [-0.05, 0) is 32.8 Å². The van der Waals surface area contributed by atoms with Crippen molar-refractivity contribution >= 4 is 11.9 Å². The van der Waals surface area contributed by atoms with Gasteiger partial charge in [-0.25, -0.2) is 9.78 Å². The molecule has 0 aliphatic heterocycles. The Morgan fingerprint density at radius 3 is 2.82 bits per heavy atom. The van der Waals surface area contributed by atoms with E-state index in [2.05, 4.69) is 10.3 Å². The summed E-state index contributed by atoms with van der Waals surface area (Å²) < 4.78 is 5.55. The van der Waals surface area contributed by atoms with Crippen LogP contribution in [-0.2, 0) is 4.79 Å². The van der Waals surface area contributed by atoms with Crippen LogP contribution in [0.5, 0.6) is 5.88 Å². The average molecular weight is 306 g/mol. The van der Waals surface area contributed by atoms with Gasteiger partial charge in [-0.15, -0.1) is 0 Å². The molecule has 1 aromatic rings. The molecule has 2 unspecified atom stereocenters. The molecule has 6 heteroatoms. The fourth-order valence-corrected chi connectivity index (χ4v) is 1.64. The molecule has 1 aromatic heterocycles.